The van der Waals surface area contributed by atoms with Crippen molar-refractivity contribution in [3.8, 4) is 0 Å². The zero-order valence-corrected chi connectivity index (χ0v) is 13.2. The zero-order chi connectivity index (χ0) is 15.8. The van der Waals surface area contributed by atoms with Gasteiger partial charge in [-0.1, -0.05) is 12.1 Å². The third kappa shape index (κ3) is 2.50. The largest absolute Gasteiger partial charge is 0.379 e. The normalized spacial score (nSPS) is 21.4. The van der Waals surface area contributed by atoms with Gasteiger partial charge in [0.1, 0.15) is 5.60 Å². The van der Waals surface area contributed by atoms with Crippen LogP contribution < -0.4 is 4.72 Å². The first kappa shape index (κ1) is 15.1. The predicted molar refractivity (Wildman–Crippen MR) is 84.1 cm³/mol. The van der Waals surface area contributed by atoms with Crippen molar-refractivity contribution in [2.45, 2.75) is 31.8 Å². The van der Waals surface area contributed by atoms with Crippen LogP contribution in [0.1, 0.15) is 36.6 Å². The molecule has 1 unspecified atom stereocenters. The molecule has 0 fully saturated rings. The maximum atomic E-state index is 11.9. The molecule has 22 heavy (non-hydrogen) atoms. The average Bonchev–Trinajstić information content (AvgIpc) is 3.03. The standard InChI is InChI=1S/C15H19N3O3S/c1-2-22(20,21)18-13-7-3-6-12-11(13)5-4-8-15(12,19)14-9-16-10-17-14/h3,6-7,9-10,18-19H,2,4-5,8H2,1H3,(H,16,17). The Labute approximate surface area is 129 Å². The van der Waals surface area contributed by atoms with E-state index in [1.54, 1.807) is 25.3 Å². The van der Waals surface area contributed by atoms with Gasteiger partial charge in [-0.05, 0) is 43.4 Å². The monoisotopic (exact) mass is 321 g/mol. The lowest BCUT2D eigenvalue weighted by atomic mass is 9.77. The van der Waals surface area contributed by atoms with E-state index in [2.05, 4.69) is 14.7 Å². The molecule has 1 aliphatic carbocycles. The van der Waals surface area contributed by atoms with Crippen molar-refractivity contribution < 1.29 is 13.5 Å². The summed E-state index contributed by atoms with van der Waals surface area (Å²) < 4.78 is 26.3. The number of imidazole rings is 1. The molecule has 0 aliphatic heterocycles. The van der Waals surface area contributed by atoms with Crippen molar-refractivity contribution in [3.05, 3.63) is 47.5 Å². The first-order chi connectivity index (χ1) is 10.5. The molecule has 0 saturated heterocycles. The number of nitrogens with zero attached hydrogens (tertiary/aromatic N) is 1. The van der Waals surface area contributed by atoms with Crippen LogP contribution in [-0.4, -0.2) is 29.2 Å². The van der Waals surface area contributed by atoms with Gasteiger partial charge < -0.3 is 10.1 Å². The molecule has 1 aromatic carbocycles. The van der Waals surface area contributed by atoms with Gasteiger partial charge in [-0.25, -0.2) is 13.4 Å². The summed E-state index contributed by atoms with van der Waals surface area (Å²) in [4.78, 5) is 6.95. The fourth-order valence-electron chi connectivity index (χ4n) is 3.00. The minimum atomic E-state index is -3.35. The number of hydrogen-bond donors (Lipinski definition) is 3. The third-order valence-electron chi connectivity index (χ3n) is 4.18. The van der Waals surface area contributed by atoms with Crippen molar-refractivity contribution >= 4 is 15.7 Å². The fourth-order valence-corrected chi connectivity index (χ4v) is 3.67. The molecule has 3 N–H and O–H groups in total. The molecule has 0 radical (unpaired) electrons. The number of aliphatic hydroxyl groups is 1. The number of anilines is 1. The first-order valence-corrected chi connectivity index (χ1v) is 8.95. The van der Waals surface area contributed by atoms with Crippen molar-refractivity contribution in [2.24, 2.45) is 0 Å². The number of aromatic amines is 1. The van der Waals surface area contributed by atoms with E-state index in [4.69, 9.17) is 0 Å². The molecule has 118 valence electrons. The maximum absolute atomic E-state index is 11.9. The zero-order valence-electron chi connectivity index (χ0n) is 12.3. The molecule has 0 bridgehead atoms. The fraction of sp³-hybridized carbons (Fsp3) is 0.400. The molecule has 1 aromatic heterocycles. The lowest BCUT2D eigenvalue weighted by molar-refractivity contribution is 0.0577. The summed E-state index contributed by atoms with van der Waals surface area (Å²) in [7, 11) is -3.35. The van der Waals surface area contributed by atoms with Gasteiger partial charge >= 0.3 is 0 Å². The van der Waals surface area contributed by atoms with E-state index in [-0.39, 0.29) is 5.75 Å². The summed E-state index contributed by atoms with van der Waals surface area (Å²) in [5, 5.41) is 11.1. The van der Waals surface area contributed by atoms with Crippen LogP contribution in [0.4, 0.5) is 5.69 Å². The van der Waals surface area contributed by atoms with Gasteiger partial charge in [-0.3, -0.25) is 4.72 Å². The predicted octanol–water partition coefficient (Wildman–Crippen LogP) is 1.74. The van der Waals surface area contributed by atoms with Gasteiger partial charge in [0.05, 0.1) is 29.7 Å². The Kier molecular flexibility index (Phi) is 3.70. The highest BCUT2D eigenvalue weighted by Gasteiger charge is 2.38. The third-order valence-corrected chi connectivity index (χ3v) is 5.47. The van der Waals surface area contributed by atoms with Crippen molar-refractivity contribution in [2.75, 3.05) is 10.5 Å². The molecule has 2 aromatic rings. The Hall–Kier alpha value is -1.86. The smallest absolute Gasteiger partial charge is 0.232 e. The van der Waals surface area contributed by atoms with E-state index in [0.29, 0.717) is 17.8 Å². The molecule has 1 atom stereocenters. The van der Waals surface area contributed by atoms with E-state index in [0.717, 1.165) is 24.0 Å². The van der Waals surface area contributed by atoms with E-state index < -0.39 is 15.6 Å². The molecule has 6 nitrogen and oxygen atoms in total. The maximum Gasteiger partial charge on any atom is 0.232 e. The van der Waals surface area contributed by atoms with Crippen molar-refractivity contribution in [1.82, 2.24) is 9.97 Å². The van der Waals surface area contributed by atoms with Gasteiger partial charge in [0, 0.05) is 0 Å². The second-order valence-electron chi connectivity index (χ2n) is 5.52. The van der Waals surface area contributed by atoms with Crippen LogP contribution in [0.15, 0.2) is 30.7 Å². The SMILES string of the molecule is CCS(=O)(=O)Nc1cccc2c1CCCC2(O)c1cnc[nH]1. The number of aromatic nitrogens is 2. The van der Waals surface area contributed by atoms with Gasteiger partial charge in [-0.2, -0.15) is 0 Å². The topological polar surface area (TPSA) is 95.1 Å². The van der Waals surface area contributed by atoms with Crippen LogP contribution in [0.2, 0.25) is 0 Å². The quantitative estimate of drug-likeness (QED) is 0.799. The Bertz CT molecular complexity index is 771. The van der Waals surface area contributed by atoms with Crippen LogP contribution >= 0.6 is 0 Å². The number of fused-ring (bicyclic) bond motifs is 1. The van der Waals surface area contributed by atoms with Crippen molar-refractivity contribution in [3.63, 3.8) is 0 Å². The Balaban J connectivity index is 2.10. The van der Waals surface area contributed by atoms with E-state index >= 15 is 0 Å². The van der Waals surface area contributed by atoms with Crippen molar-refractivity contribution in [1.29, 1.82) is 0 Å². The van der Waals surface area contributed by atoms with E-state index in [1.807, 2.05) is 6.07 Å². The summed E-state index contributed by atoms with van der Waals surface area (Å²) in [6.45, 7) is 1.60. The Morgan fingerprint density at radius 2 is 2.27 bits per heavy atom. The number of sulfonamides is 1. The second kappa shape index (κ2) is 5.40. The molecule has 1 aliphatic rings. The van der Waals surface area contributed by atoms with Crippen LogP contribution in [-0.2, 0) is 22.0 Å². The molecule has 0 saturated carbocycles. The van der Waals surface area contributed by atoms with Gasteiger partial charge in [0.2, 0.25) is 10.0 Å². The Morgan fingerprint density at radius 1 is 1.45 bits per heavy atom. The number of nitrogens with one attached hydrogen (secondary N) is 2. The van der Waals surface area contributed by atoms with E-state index in [9.17, 15) is 13.5 Å². The van der Waals surface area contributed by atoms with Gasteiger partial charge in [0.25, 0.3) is 0 Å². The van der Waals surface area contributed by atoms with E-state index in [1.165, 1.54) is 6.33 Å². The number of rotatable bonds is 4. The highest BCUT2D eigenvalue weighted by Crippen LogP contribution is 2.42. The van der Waals surface area contributed by atoms with Gasteiger partial charge in [-0.15, -0.1) is 0 Å². The summed E-state index contributed by atoms with van der Waals surface area (Å²) in [5.41, 5.74) is 1.61. The summed E-state index contributed by atoms with van der Waals surface area (Å²) in [6.07, 6.45) is 5.22. The van der Waals surface area contributed by atoms with Crippen LogP contribution in [0.5, 0.6) is 0 Å². The summed E-state index contributed by atoms with van der Waals surface area (Å²) >= 11 is 0. The van der Waals surface area contributed by atoms with Gasteiger partial charge in [0.15, 0.2) is 0 Å². The number of benzene rings is 1. The Morgan fingerprint density at radius 3 is 2.95 bits per heavy atom. The highest BCUT2D eigenvalue weighted by atomic mass is 32.2. The minimum Gasteiger partial charge on any atom is -0.379 e. The molecule has 1 heterocycles. The molecule has 0 amide bonds. The molecular formula is C15H19N3O3S. The number of H-pyrrole nitrogens is 1. The highest BCUT2D eigenvalue weighted by molar-refractivity contribution is 7.92. The first-order valence-electron chi connectivity index (χ1n) is 7.30. The molecular weight excluding hydrogens is 302 g/mol. The lowest BCUT2D eigenvalue weighted by Gasteiger charge is -2.34. The second-order valence-corrected chi connectivity index (χ2v) is 7.53. The molecule has 0 spiro atoms. The summed E-state index contributed by atoms with van der Waals surface area (Å²) in [5.74, 6) is 0.0154. The van der Waals surface area contributed by atoms with Crippen LogP contribution in [0.3, 0.4) is 0 Å². The lowest BCUT2D eigenvalue weighted by Crippen LogP contribution is -2.33. The van der Waals surface area contributed by atoms with Crippen LogP contribution in [0, 0.1) is 0 Å². The average molecular weight is 321 g/mol. The number of hydrogen-bond acceptors (Lipinski definition) is 4. The molecule has 3 rings (SSSR count). The van der Waals surface area contributed by atoms with Crippen LogP contribution in [0.25, 0.3) is 0 Å². The molecule has 7 heteroatoms. The minimum absolute atomic E-state index is 0.0154. The summed E-state index contributed by atoms with van der Waals surface area (Å²) in [6, 6.07) is 5.35.